The average Bonchev–Trinajstić information content (AvgIpc) is 2.70. The maximum atomic E-state index is 12.5. The summed E-state index contributed by atoms with van der Waals surface area (Å²) in [7, 11) is 0. The van der Waals surface area contributed by atoms with E-state index in [0.717, 1.165) is 25.7 Å². The number of nitro benzene ring substituents is 1. The molecule has 0 fully saturated rings. The first kappa shape index (κ1) is 21.2. The fraction of sp³-hybridized carbons (Fsp3) is 0.381. The number of hydrogen-bond acceptors (Lipinski definition) is 5. The first-order chi connectivity index (χ1) is 13.6. The third-order valence-corrected chi connectivity index (χ3v) is 4.05. The molecule has 0 aromatic heterocycles. The van der Waals surface area contributed by atoms with Crippen LogP contribution in [0.25, 0.3) is 0 Å². The molecule has 0 radical (unpaired) electrons. The Hall–Kier alpha value is -3.09. The highest BCUT2D eigenvalue weighted by Crippen LogP contribution is 2.38. The monoisotopic (exact) mass is 386 g/mol. The van der Waals surface area contributed by atoms with Gasteiger partial charge in [0.1, 0.15) is 5.75 Å². The molecule has 0 aliphatic heterocycles. The molecule has 7 heteroatoms. The van der Waals surface area contributed by atoms with Crippen LogP contribution in [0.1, 0.15) is 49.9 Å². The zero-order valence-electron chi connectivity index (χ0n) is 16.3. The van der Waals surface area contributed by atoms with Crippen molar-refractivity contribution in [2.45, 2.75) is 39.5 Å². The predicted molar refractivity (Wildman–Crippen MR) is 108 cm³/mol. The lowest BCUT2D eigenvalue weighted by molar-refractivity contribution is -0.385. The Balaban J connectivity index is 2.35. The summed E-state index contributed by atoms with van der Waals surface area (Å²) in [5.41, 5.74) is 0.649. The van der Waals surface area contributed by atoms with Crippen molar-refractivity contribution in [3.63, 3.8) is 0 Å². The zero-order chi connectivity index (χ0) is 20.4. The number of carbonyl (C=O) groups excluding carboxylic acids is 1. The van der Waals surface area contributed by atoms with Crippen LogP contribution in [0.2, 0.25) is 0 Å². The molecule has 1 N–H and O–H groups in total. The van der Waals surface area contributed by atoms with E-state index in [-0.39, 0.29) is 23.1 Å². The zero-order valence-corrected chi connectivity index (χ0v) is 16.3. The Morgan fingerprint density at radius 3 is 2.18 bits per heavy atom. The molecule has 1 amide bonds. The van der Waals surface area contributed by atoms with Crippen molar-refractivity contribution in [3.8, 4) is 11.5 Å². The van der Waals surface area contributed by atoms with E-state index in [1.807, 2.05) is 19.9 Å². The highest BCUT2D eigenvalue weighted by atomic mass is 16.6. The molecular formula is C21H26N2O5. The molecule has 0 spiro atoms. The van der Waals surface area contributed by atoms with Crippen LogP contribution in [0.15, 0.2) is 42.5 Å². The van der Waals surface area contributed by atoms with Gasteiger partial charge in [-0.25, -0.2) is 0 Å². The number of benzene rings is 2. The van der Waals surface area contributed by atoms with Crippen molar-refractivity contribution < 1.29 is 19.2 Å². The fourth-order valence-electron chi connectivity index (χ4n) is 2.46. The van der Waals surface area contributed by atoms with E-state index in [1.165, 1.54) is 12.1 Å². The SMILES string of the molecule is CCCCOc1cc([N+](=O)[O-])c(OCCCC)cc1NC(=O)c1ccccc1. The molecule has 28 heavy (non-hydrogen) atoms. The van der Waals surface area contributed by atoms with Crippen LogP contribution in [0, 0.1) is 10.1 Å². The second kappa shape index (κ2) is 10.9. The number of hydrogen-bond donors (Lipinski definition) is 1. The van der Waals surface area contributed by atoms with Crippen LogP contribution < -0.4 is 14.8 Å². The van der Waals surface area contributed by atoms with Crippen LogP contribution in [0.5, 0.6) is 11.5 Å². The van der Waals surface area contributed by atoms with Gasteiger partial charge in [0.25, 0.3) is 5.91 Å². The van der Waals surface area contributed by atoms with Crippen molar-refractivity contribution in [2.24, 2.45) is 0 Å². The van der Waals surface area contributed by atoms with Crippen LogP contribution in [-0.4, -0.2) is 24.0 Å². The molecule has 2 aromatic carbocycles. The highest BCUT2D eigenvalue weighted by Gasteiger charge is 2.22. The molecule has 2 aromatic rings. The lowest BCUT2D eigenvalue weighted by atomic mass is 10.2. The van der Waals surface area contributed by atoms with Gasteiger partial charge in [-0.2, -0.15) is 0 Å². The van der Waals surface area contributed by atoms with E-state index < -0.39 is 4.92 Å². The summed E-state index contributed by atoms with van der Waals surface area (Å²) in [6.45, 7) is 4.79. The fourth-order valence-corrected chi connectivity index (χ4v) is 2.46. The third-order valence-electron chi connectivity index (χ3n) is 4.05. The molecule has 0 saturated carbocycles. The van der Waals surface area contributed by atoms with Gasteiger partial charge < -0.3 is 14.8 Å². The van der Waals surface area contributed by atoms with E-state index >= 15 is 0 Å². The number of anilines is 1. The van der Waals surface area contributed by atoms with E-state index in [2.05, 4.69) is 5.32 Å². The molecule has 7 nitrogen and oxygen atoms in total. The van der Waals surface area contributed by atoms with Gasteiger partial charge in [0.05, 0.1) is 29.9 Å². The number of nitrogens with one attached hydrogen (secondary N) is 1. The van der Waals surface area contributed by atoms with Crippen molar-refractivity contribution in [3.05, 3.63) is 58.1 Å². The minimum Gasteiger partial charge on any atom is -0.491 e. The second-order valence-corrected chi connectivity index (χ2v) is 6.30. The van der Waals surface area contributed by atoms with Gasteiger partial charge in [0.2, 0.25) is 0 Å². The van der Waals surface area contributed by atoms with Gasteiger partial charge in [0, 0.05) is 11.6 Å². The summed E-state index contributed by atoms with van der Waals surface area (Å²) in [5.74, 6) is 0.0474. The number of unbranched alkanes of at least 4 members (excludes halogenated alkanes) is 2. The maximum Gasteiger partial charge on any atom is 0.314 e. The predicted octanol–water partition coefficient (Wildman–Crippen LogP) is 5.20. The van der Waals surface area contributed by atoms with Crippen molar-refractivity contribution in [1.29, 1.82) is 0 Å². The van der Waals surface area contributed by atoms with Gasteiger partial charge in [-0.3, -0.25) is 14.9 Å². The minimum atomic E-state index is -0.503. The minimum absolute atomic E-state index is 0.115. The highest BCUT2D eigenvalue weighted by molar-refractivity contribution is 6.05. The molecule has 0 saturated heterocycles. The summed E-state index contributed by atoms with van der Waals surface area (Å²) in [5, 5.41) is 14.3. The quantitative estimate of drug-likeness (QED) is 0.325. The van der Waals surface area contributed by atoms with Gasteiger partial charge in [0.15, 0.2) is 5.75 Å². The molecule has 2 rings (SSSR count). The Kier molecular flexibility index (Phi) is 8.27. The van der Waals surface area contributed by atoms with Gasteiger partial charge >= 0.3 is 5.69 Å². The molecule has 0 atom stereocenters. The largest absolute Gasteiger partial charge is 0.491 e. The number of nitrogens with zero attached hydrogens (tertiary/aromatic N) is 1. The lowest BCUT2D eigenvalue weighted by Gasteiger charge is -2.15. The number of ether oxygens (including phenoxy) is 2. The second-order valence-electron chi connectivity index (χ2n) is 6.30. The lowest BCUT2D eigenvalue weighted by Crippen LogP contribution is -2.14. The Morgan fingerprint density at radius 2 is 1.61 bits per heavy atom. The molecule has 0 bridgehead atoms. The van der Waals surface area contributed by atoms with Gasteiger partial charge in [-0.15, -0.1) is 0 Å². The molecule has 0 heterocycles. The topological polar surface area (TPSA) is 90.7 Å². The van der Waals surface area contributed by atoms with Gasteiger partial charge in [-0.1, -0.05) is 44.9 Å². The standard InChI is InChI=1S/C21H26N2O5/c1-3-5-12-27-19-15-18(23(25)26)20(28-13-6-4-2)14-17(19)22-21(24)16-10-8-7-9-11-16/h7-11,14-15H,3-6,12-13H2,1-2H3,(H,22,24). The molecule has 0 aliphatic carbocycles. The Morgan fingerprint density at radius 1 is 1.00 bits per heavy atom. The number of rotatable bonds is 11. The van der Waals surface area contributed by atoms with Crippen LogP contribution >= 0.6 is 0 Å². The number of amides is 1. The van der Waals surface area contributed by atoms with E-state index in [9.17, 15) is 14.9 Å². The summed E-state index contributed by atoms with van der Waals surface area (Å²) >= 11 is 0. The third kappa shape index (κ3) is 5.97. The summed E-state index contributed by atoms with van der Waals surface area (Å²) in [6, 6.07) is 11.5. The van der Waals surface area contributed by atoms with Gasteiger partial charge in [-0.05, 0) is 25.0 Å². The van der Waals surface area contributed by atoms with Crippen molar-refractivity contribution >= 4 is 17.3 Å². The van der Waals surface area contributed by atoms with Crippen LogP contribution in [-0.2, 0) is 0 Å². The number of carbonyl (C=O) groups is 1. The van der Waals surface area contributed by atoms with E-state index in [0.29, 0.717) is 24.5 Å². The summed E-state index contributed by atoms with van der Waals surface area (Å²) in [6.07, 6.45) is 3.40. The maximum absolute atomic E-state index is 12.5. The normalized spacial score (nSPS) is 10.4. The molecular weight excluding hydrogens is 360 g/mol. The molecule has 150 valence electrons. The first-order valence-corrected chi connectivity index (χ1v) is 9.51. The Labute approximate surface area is 164 Å². The van der Waals surface area contributed by atoms with E-state index in [1.54, 1.807) is 24.3 Å². The number of nitro groups is 1. The Bertz CT molecular complexity index is 793. The summed E-state index contributed by atoms with van der Waals surface area (Å²) < 4.78 is 11.3. The van der Waals surface area contributed by atoms with Crippen LogP contribution in [0.3, 0.4) is 0 Å². The van der Waals surface area contributed by atoms with Crippen molar-refractivity contribution in [1.82, 2.24) is 0 Å². The summed E-state index contributed by atoms with van der Waals surface area (Å²) in [4.78, 5) is 23.5. The molecule has 0 unspecified atom stereocenters. The first-order valence-electron chi connectivity index (χ1n) is 9.51. The van der Waals surface area contributed by atoms with Crippen LogP contribution in [0.4, 0.5) is 11.4 Å². The average molecular weight is 386 g/mol. The van der Waals surface area contributed by atoms with E-state index in [4.69, 9.17) is 9.47 Å². The van der Waals surface area contributed by atoms with Crippen molar-refractivity contribution in [2.75, 3.05) is 18.5 Å². The smallest absolute Gasteiger partial charge is 0.314 e. The molecule has 0 aliphatic rings.